The van der Waals surface area contributed by atoms with E-state index in [4.69, 9.17) is 16.7 Å². The molecule has 0 radical (unpaired) electrons. The summed E-state index contributed by atoms with van der Waals surface area (Å²) in [6.45, 7) is 0. The fraction of sp³-hybridized carbons (Fsp3) is 0. The predicted octanol–water partition coefficient (Wildman–Crippen LogP) is 3.15. The zero-order chi connectivity index (χ0) is 14.5. The molecule has 1 amide bonds. The number of anilines is 1. The third-order valence-electron chi connectivity index (χ3n) is 2.21. The van der Waals surface area contributed by atoms with Gasteiger partial charge in [0.1, 0.15) is 5.82 Å². The summed E-state index contributed by atoms with van der Waals surface area (Å²) in [6, 6.07) is 6.52. The molecule has 0 saturated heterocycles. The first kappa shape index (κ1) is 14.2. The van der Waals surface area contributed by atoms with Gasteiger partial charge in [0.2, 0.25) is 0 Å². The van der Waals surface area contributed by atoms with E-state index in [2.05, 4.69) is 10.3 Å². The number of pyridine rings is 1. The van der Waals surface area contributed by atoms with Gasteiger partial charge in [-0.2, -0.15) is 0 Å². The maximum absolute atomic E-state index is 11.9. The number of carboxylic acids is 1. The number of aromatic nitrogens is 1. The molecule has 0 unspecified atom stereocenters. The second-order valence-electron chi connectivity index (χ2n) is 3.69. The molecule has 2 aromatic heterocycles. The zero-order valence-electron chi connectivity index (χ0n) is 10.0. The Morgan fingerprint density at radius 2 is 2.10 bits per heavy atom. The van der Waals surface area contributed by atoms with Crippen molar-refractivity contribution in [1.29, 1.82) is 0 Å². The summed E-state index contributed by atoms with van der Waals surface area (Å²) < 4.78 is 0. The number of carbonyl (C=O) groups is 2. The molecule has 102 valence electrons. The van der Waals surface area contributed by atoms with E-state index in [0.717, 1.165) is 6.08 Å². The van der Waals surface area contributed by atoms with Crippen LogP contribution < -0.4 is 5.32 Å². The van der Waals surface area contributed by atoms with E-state index in [-0.39, 0.29) is 5.91 Å². The SMILES string of the molecule is O=C(O)C=Cc1ccc(C(=O)Nc2ccc(Cl)cn2)s1. The maximum Gasteiger partial charge on any atom is 0.328 e. The van der Waals surface area contributed by atoms with Gasteiger partial charge in [0.25, 0.3) is 5.91 Å². The topological polar surface area (TPSA) is 79.3 Å². The van der Waals surface area contributed by atoms with Crippen molar-refractivity contribution in [3.8, 4) is 0 Å². The smallest absolute Gasteiger partial charge is 0.328 e. The van der Waals surface area contributed by atoms with Gasteiger partial charge in [0.05, 0.1) is 9.90 Å². The molecule has 0 spiro atoms. The lowest BCUT2D eigenvalue weighted by Gasteiger charge is -2.01. The van der Waals surface area contributed by atoms with Crippen molar-refractivity contribution in [3.05, 3.63) is 51.3 Å². The molecule has 0 aromatic carbocycles. The maximum atomic E-state index is 11.9. The van der Waals surface area contributed by atoms with Crippen molar-refractivity contribution in [2.24, 2.45) is 0 Å². The molecule has 0 aliphatic rings. The minimum absolute atomic E-state index is 0.306. The number of amides is 1. The Hall–Kier alpha value is -2.18. The number of rotatable bonds is 4. The summed E-state index contributed by atoms with van der Waals surface area (Å²) >= 11 is 6.89. The quantitative estimate of drug-likeness (QED) is 0.850. The van der Waals surface area contributed by atoms with Crippen LogP contribution in [0.25, 0.3) is 6.08 Å². The average molecular weight is 309 g/mol. The Labute approximate surface area is 123 Å². The van der Waals surface area contributed by atoms with Crippen LogP contribution in [-0.4, -0.2) is 22.0 Å². The first-order chi connectivity index (χ1) is 9.54. The van der Waals surface area contributed by atoms with Crippen LogP contribution in [0.1, 0.15) is 14.5 Å². The monoisotopic (exact) mass is 308 g/mol. The van der Waals surface area contributed by atoms with Crippen LogP contribution >= 0.6 is 22.9 Å². The number of hydrogen-bond donors (Lipinski definition) is 2. The van der Waals surface area contributed by atoms with Crippen molar-refractivity contribution < 1.29 is 14.7 Å². The molecule has 0 atom stereocenters. The van der Waals surface area contributed by atoms with E-state index in [1.54, 1.807) is 24.3 Å². The van der Waals surface area contributed by atoms with E-state index < -0.39 is 5.97 Å². The second-order valence-corrected chi connectivity index (χ2v) is 5.24. The number of halogens is 1. The summed E-state index contributed by atoms with van der Waals surface area (Å²) in [5.41, 5.74) is 0. The Morgan fingerprint density at radius 3 is 2.75 bits per heavy atom. The highest BCUT2D eigenvalue weighted by Crippen LogP contribution is 2.19. The largest absolute Gasteiger partial charge is 0.478 e. The van der Waals surface area contributed by atoms with E-state index in [1.165, 1.54) is 23.6 Å². The number of thiophene rings is 1. The summed E-state index contributed by atoms with van der Waals surface area (Å²) in [5.74, 6) is -0.940. The van der Waals surface area contributed by atoms with Crippen molar-refractivity contribution in [3.63, 3.8) is 0 Å². The lowest BCUT2D eigenvalue weighted by molar-refractivity contribution is -0.131. The lowest BCUT2D eigenvalue weighted by atomic mass is 10.3. The number of hydrogen-bond acceptors (Lipinski definition) is 4. The highest BCUT2D eigenvalue weighted by Gasteiger charge is 2.09. The average Bonchev–Trinajstić information content (AvgIpc) is 2.88. The first-order valence-electron chi connectivity index (χ1n) is 5.48. The number of carbonyl (C=O) groups excluding carboxylic acids is 1. The summed E-state index contributed by atoms with van der Waals surface area (Å²) in [5, 5.41) is 11.6. The van der Waals surface area contributed by atoms with Gasteiger partial charge in [-0.05, 0) is 30.3 Å². The van der Waals surface area contributed by atoms with E-state index in [9.17, 15) is 9.59 Å². The molecule has 2 heterocycles. The van der Waals surface area contributed by atoms with Gasteiger partial charge in [-0.1, -0.05) is 11.6 Å². The van der Waals surface area contributed by atoms with Crippen LogP contribution in [0.3, 0.4) is 0 Å². The molecule has 0 aliphatic heterocycles. The number of nitrogens with one attached hydrogen (secondary N) is 1. The minimum Gasteiger partial charge on any atom is -0.478 e. The van der Waals surface area contributed by atoms with Gasteiger partial charge in [-0.3, -0.25) is 4.79 Å². The van der Waals surface area contributed by atoms with Gasteiger partial charge >= 0.3 is 5.97 Å². The highest BCUT2D eigenvalue weighted by molar-refractivity contribution is 7.15. The second kappa shape index (κ2) is 6.31. The van der Waals surface area contributed by atoms with Gasteiger partial charge in [-0.25, -0.2) is 9.78 Å². The molecule has 0 aliphatic carbocycles. The molecule has 0 saturated carbocycles. The van der Waals surface area contributed by atoms with E-state index >= 15 is 0 Å². The highest BCUT2D eigenvalue weighted by atomic mass is 35.5. The standard InChI is InChI=1S/C13H9ClN2O3S/c14-8-1-5-11(15-7-8)16-13(19)10-4-2-9(20-10)3-6-12(17)18/h1-7H,(H,17,18)(H,15,16,19). The normalized spacial score (nSPS) is 10.7. The zero-order valence-corrected chi connectivity index (χ0v) is 11.6. The molecule has 2 N–H and O–H groups in total. The van der Waals surface area contributed by atoms with Crippen LogP contribution in [0.15, 0.2) is 36.5 Å². The molecule has 0 bridgehead atoms. The van der Waals surface area contributed by atoms with Crippen molar-refractivity contribution in [1.82, 2.24) is 4.98 Å². The molecule has 5 nitrogen and oxygen atoms in total. The van der Waals surface area contributed by atoms with Crippen molar-refractivity contribution in [2.75, 3.05) is 5.32 Å². The van der Waals surface area contributed by atoms with Crippen molar-refractivity contribution in [2.45, 2.75) is 0 Å². The minimum atomic E-state index is -1.03. The van der Waals surface area contributed by atoms with Crippen LogP contribution in [-0.2, 0) is 4.79 Å². The van der Waals surface area contributed by atoms with Gasteiger partial charge in [-0.15, -0.1) is 11.3 Å². The Morgan fingerprint density at radius 1 is 1.30 bits per heavy atom. The third kappa shape index (κ3) is 3.91. The fourth-order valence-corrected chi connectivity index (χ4v) is 2.26. The van der Waals surface area contributed by atoms with Crippen LogP contribution in [0.5, 0.6) is 0 Å². The number of aliphatic carboxylic acids is 1. The molecule has 20 heavy (non-hydrogen) atoms. The number of nitrogens with zero attached hydrogens (tertiary/aromatic N) is 1. The molecule has 2 aromatic rings. The Balaban J connectivity index is 2.06. The molecule has 7 heteroatoms. The first-order valence-corrected chi connectivity index (χ1v) is 6.68. The summed E-state index contributed by atoms with van der Waals surface area (Å²) in [6.07, 6.45) is 3.89. The van der Waals surface area contributed by atoms with Crippen molar-refractivity contribution >= 4 is 46.7 Å². The summed E-state index contributed by atoms with van der Waals surface area (Å²) in [7, 11) is 0. The molecular weight excluding hydrogens is 300 g/mol. The van der Waals surface area contributed by atoms with E-state index in [1.807, 2.05) is 0 Å². The van der Waals surface area contributed by atoms with Crippen LogP contribution in [0.4, 0.5) is 5.82 Å². The summed E-state index contributed by atoms with van der Waals surface area (Å²) in [4.78, 5) is 27.4. The Bertz CT molecular complexity index is 665. The van der Waals surface area contributed by atoms with Crippen LogP contribution in [0.2, 0.25) is 5.02 Å². The third-order valence-corrected chi connectivity index (χ3v) is 3.48. The van der Waals surface area contributed by atoms with Crippen LogP contribution in [0, 0.1) is 0 Å². The van der Waals surface area contributed by atoms with E-state index in [0.29, 0.717) is 20.6 Å². The fourth-order valence-electron chi connectivity index (χ4n) is 1.35. The molecular formula is C13H9ClN2O3S. The number of carboxylic acid groups (broad SMARTS) is 1. The Kier molecular flexibility index (Phi) is 4.49. The lowest BCUT2D eigenvalue weighted by Crippen LogP contribution is -2.10. The molecule has 2 rings (SSSR count). The predicted molar refractivity (Wildman–Crippen MR) is 78.2 cm³/mol. The molecule has 0 fully saturated rings. The van der Waals surface area contributed by atoms with Gasteiger partial charge in [0.15, 0.2) is 0 Å². The van der Waals surface area contributed by atoms with Gasteiger partial charge < -0.3 is 10.4 Å². The van der Waals surface area contributed by atoms with Gasteiger partial charge in [0, 0.05) is 17.2 Å².